The largest absolute Gasteiger partial charge is 0.493 e. The Morgan fingerprint density at radius 2 is 1.92 bits per heavy atom. The molecule has 1 saturated heterocycles. The first-order chi connectivity index (χ1) is 17.6. The molecule has 0 spiro atoms. The van der Waals surface area contributed by atoms with Crippen molar-refractivity contribution in [1.82, 2.24) is 14.5 Å². The van der Waals surface area contributed by atoms with Gasteiger partial charge in [0, 0.05) is 12.6 Å². The molecule has 2 aliphatic heterocycles. The highest BCUT2D eigenvalue weighted by atomic mass is 19.1. The van der Waals surface area contributed by atoms with Crippen LogP contribution in [-0.2, 0) is 17.6 Å². The molecule has 2 aromatic carbocycles. The third kappa shape index (κ3) is 4.45. The van der Waals surface area contributed by atoms with E-state index < -0.39 is 17.2 Å². The predicted octanol–water partition coefficient (Wildman–Crippen LogP) is 4.96. The van der Waals surface area contributed by atoms with Crippen molar-refractivity contribution in [2.24, 2.45) is 0 Å². The molecule has 1 fully saturated rings. The average Bonchev–Trinajstić information content (AvgIpc) is 3.24. The number of nitrogens with zero attached hydrogens (tertiary/aromatic N) is 3. The lowest BCUT2D eigenvalue weighted by molar-refractivity contribution is -0.0373. The third-order valence-corrected chi connectivity index (χ3v) is 6.83. The van der Waals surface area contributed by atoms with E-state index in [-0.39, 0.29) is 29.1 Å². The second-order valence-corrected chi connectivity index (χ2v) is 10.3. The van der Waals surface area contributed by atoms with E-state index in [9.17, 15) is 9.18 Å². The Hall–Kier alpha value is -3.46. The van der Waals surface area contributed by atoms with Crippen molar-refractivity contribution in [2.75, 3.05) is 26.9 Å². The molecule has 3 heterocycles. The summed E-state index contributed by atoms with van der Waals surface area (Å²) in [5, 5.41) is 0. The van der Waals surface area contributed by atoms with Crippen LogP contribution in [0.3, 0.4) is 0 Å². The molecule has 196 valence electrons. The minimum atomic E-state index is -0.626. The van der Waals surface area contributed by atoms with Crippen LogP contribution >= 0.6 is 0 Å². The monoisotopic (exact) mass is 511 g/mol. The number of fused-ring (bicyclic) bond motifs is 3. The highest BCUT2D eigenvalue weighted by molar-refractivity contribution is 5.95. The maximum atomic E-state index is 15.1. The Morgan fingerprint density at radius 1 is 1.14 bits per heavy atom. The van der Waals surface area contributed by atoms with Crippen LogP contribution in [0.15, 0.2) is 30.3 Å². The lowest BCUT2D eigenvalue weighted by atomic mass is 9.98. The summed E-state index contributed by atoms with van der Waals surface area (Å²) in [5.74, 6) is -0.199. The van der Waals surface area contributed by atoms with E-state index in [1.807, 2.05) is 39.8 Å². The molecule has 5 rings (SSSR count). The van der Waals surface area contributed by atoms with Crippen molar-refractivity contribution < 1.29 is 27.8 Å². The van der Waals surface area contributed by atoms with Crippen molar-refractivity contribution in [3.05, 3.63) is 58.9 Å². The SMILES string of the molecule is COc1cc2c(cc1OC(C)C)-n1c(-c3cc(F)ccc3F)nc(C(=O)N3CCOCC3(C)C)c1CC2. The number of benzene rings is 2. The maximum Gasteiger partial charge on any atom is 0.274 e. The van der Waals surface area contributed by atoms with Crippen LogP contribution in [0.5, 0.6) is 11.5 Å². The van der Waals surface area contributed by atoms with Gasteiger partial charge in [-0.05, 0) is 70.4 Å². The first kappa shape index (κ1) is 25.2. The predicted molar refractivity (Wildman–Crippen MR) is 135 cm³/mol. The zero-order valence-corrected chi connectivity index (χ0v) is 21.7. The standard InChI is InChI=1S/C28H31F2N3O4/c1-16(2)37-24-14-22-17(12-23(24)35-5)6-9-21-25(27(34)32-10-11-36-15-28(32,3)4)31-26(33(21)22)19-13-18(29)7-8-20(19)30/h7-8,12-14,16H,6,9-11,15H2,1-5H3. The minimum absolute atomic E-state index is 0.0171. The number of ether oxygens (including phenoxy) is 3. The van der Waals surface area contributed by atoms with E-state index in [1.54, 1.807) is 16.6 Å². The van der Waals surface area contributed by atoms with Crippen LogP contribution < -0.4 is 9.47 Å². The van der Waals surface area contributed by atoms with Crippen LogP contribution in [0.2, 0.25) is 0 Å². The average molecular weight is 512 g/mol. The molecule has 0 aliphatic carbocycles. The van der Waals surface area contributed by atoms with Gasteiger partial charge in [-0.25, -0.2) is 13.8 Å². The summed E-state index contributed by atoms with van der Waals surface area (Å²) in [7, 11) is 1.58. The van der Waals surface area contributed by atoms with Gasteiger partial charge in [0.25, 0.3) is 5.91 Å². The molecular formula is C28H31F2N3O4. The van der Waals surface area contributed by atoms with Crippen molar-refractivity contribution in [2.45, 2.75) is 52.2 Å². The highest BCUT2D eigenvalue weighted by Crippen LogP contribution is 2.40. The number of aromatic nitrogens is 2. The van der Waals surface area contributed by atoms with Gasteiger partial charge in [0.15, 0.2) is 17.2 Å². The number of carbonyl (C=O) groups excluding carboxylic acids is 1. The molecule has 0 unspecified atom stereocenters. The van der Waals surface area contributed by atoms with Gasteiger partial charge in [-0.15, -0.1) is 0 Å². The summed E-state index contributed by atoms with van der Waals surface area (Å²) in [6, 6.07) is 6.97. The van der Waals surface area contributed by atoms with Crippen LogP contribution in [0, 0.1) is 11.6 Å². The molecule has 2 aliphatic rings. The number of hydrogen-bond donors (Lipinski definition) is 0. The molecule has 7 nitrogen and oxygen atoms in total. The van der Waals surface area contributed by atoms with E-state index in [4.69, 9.17) is 14.2 Å². The Labute approximate surface area is 215 Å². The van der Waals surface area contributed by atoms with Crippen LogP contribution in [0.4, 0.5) is 8.78 Å². The number of aryl methyl sites for hydroxylation is 1. The minimum Gasteiger partial charge on any atom is -0.493 e. The van der Waals surface area contributed by atoms with Gasteiger partial charge < -0.3 is 19.1 Å². The Bertz CT molecular complexity index is 1370. The fourth-order valence-corrected chi connectivity index (χ4v) is 5.09. The molecule has 0 radical (unpaired) electrons. The van der Waals surface area contributed by atoms with Gasteiger partial charge in [0.1, 0.15) is 17.5 Å². The number of hydrogen-bond acceptors (Lipinski definition) is 5. The molecule has 1 amide bonds. The first-order valence-corrected chi connectivity index (χ1v) is 12.5. The fourth-order valence-electron chi connectivity index (χ4n) is 5.09. The topological polar surface area (TPSA) is 65.8 Å². The van der Waals surface area contributed by atoms with E-state index >= 15 is 4.39 Å². The second-order valence-electron chi connectivity index (χ2n) is 10.3. The zero-order valence-electron chi connectivity index (χ0n) is 21.7. The van der Waals surface area contributed by atoms with Crippen molar-refractivity contribution in [3.63, 3.8) is 0 Å². The van der Waals surface area contributed by atoms with Gasteiger partial charge in [0.05, 0.1) is 48.9 Å². The van der Waals surface area contributed by atoms with Gasteiger partial charge >= 0.3 is 0 Å². The first-order valence-electron chi connectivity index (χ1n) is 12.5. The van der Waals surface area contributed by atoms with Gasteiger partial charge in [0.2, 0.25) is 0 Å². The van der Waals surface area contributed by atoms with E-state index in [2.05, 4.69) is 4.98 Å². The smallest absolute Gasteiger partial charge is 0.274 e. The third-order valence-electron chi connectivity index (χ3n) is 6.83. The number of methoxy groups -OCH3 is 1. The number of morpholine rings is 1. The molecule has 9 heteroatoms. The molecule has 3 aromatic rings. The number of amides is 1. The van der Waals surface area contributed by atoms with Crippen LogP contribution in [0.25, 0.3) is 17.1 Å². The quantitative estimate of drug-likeness (QED) is 0.484. The number of rotatable bonds is 5. The summed E-state index contributed by atoms with van der Waals surface area (Å²) in [4.78, 5) is 20.3. The zero-order chi connectivity index (χ0) is 26.5. The van der Waals surface area contributed by atoms with Gasteiger partial charge in [-0.1, -0.05) is 0 Å². The lowest BCUT2D eigenvalue weighted by Gasteiger charge is -2.41. The normalized spacial score (nSPS) is 16.4. The number of carbonyl (C=O) groups is 1. The highest BCUT2D eigenvalue weighted by Gasteiger charge is 2.39. The summed E-state index contributed by atoms with van der Waals surface area (Å²) >= 11 is 0. The Morgan fingerprint density at radius 3 is 2.62 bits per heavy atom. The van der Waals surface area contributed by atoms with E-state index in [1.165, 1.54) is 0 Å². The van der Waals surface area contributed by atoms with E-state index in [0.29, 0.717) is 55.5 Å². The molecule has 0 saturated carbocycles. The van der Waals surface area contributed by atoms with Crippen LogP contribution in [-0.4, -0.2) is 58.9 Å². The second kappa shape index (κ2) is 9.45. The molecular weight excluding hydrogens is 480 g/mol. The van der Waals surface area contributed by atoms with E-state index in [0.717, 1.165) is 23.8 Å². The maximum absolute atomic E-state index is 15.1. The Kier molecular flexibility index (Phi) is 6.43. The summed E-state index contributed by atoms with van der Waals surface area (Å²) in [6.07, 6.45) is 1.01. The van der Waals surface area contributed by atoms with Crippen molar-refractivity contribution in [1.29, 1.82) is 0 Å². The summed E-state index contributed by atoms with van der Waals surface area (Å²) < 4.78 is 48.3. The fraction of sp³-hybridized carbons (Fsp3) is 0.429. The number of halogens is 2. The van der Waals surface area contributed by atoms with Crippen molar-refractivity contribution >= 4 is 5.91 Å². The summed E-state index contributed by atoms with van der Waals surface area (Å²) in [5.41, 5.74) is 1.97. The summed E-state index contributed by atoms with van der Waals surface area (Å²) in [6.45, 7) is 8.95. The molecule has 1 aromatic heterocycles. The molecule has 0 bridgehead atoms. The van der Waals surface area contributed by atoms with Gasteiger partial charge in [-0.3, -0.25) is 9.36 Å². The molecule has 0 N–H and O–H groups in total. The Balaban J connectivity index is 1.75. The molecule has 0 atom stereocenters. The van der Waals surface area contributed by atoms with Gasteiger partial charge in [-0.2, -0.15) is 0 Å². The van der Waals surface area contributed by atoms with Crippen molar-refractivity contribution in [3.8, 4) is 28.6 Å². The number of imidazole rings is 1. The van der Waals surface area contributed by atoms with Crippen LogP contribution in [0.1, 0.15) is 49.4 Å². The molecule has 37 heavy (non-hydrogen) atoms. The lowest BCUT2D eigenvalue weighted by Crippen LogP contribution is -2.55.